The maximum absolute atomic E-state index is 10.7. The molecule has 0 atom stereocenters. The minimum atomic E-state index is 0.504. The molecule has 0 unspecified atom stereocenters. The van der Waals surface area contributed by atoms with E-state index >= 15 is 0 Å². The van der Waals surface area contributed by atoms with Gasteiger partial charge in [-0.1, -0.05) is 13.0 Å². The Bertz CT molecular complexity index is 517. The lowest BCUT2D eigenvalue weighted by Gasteiger charge is -2.04. The molecule has 2 heteroatoms. The summed E-state index contributed by atoms with van der Waals surface area (Å²) in [5.74, 6) is 0. The van der Waals surface area contributed by atoms with Crippen LogP contribution in [0, 0.1) is 6.92 Å². The third-order valence-electron chi connectivity index (χ3n) is 2.63. The first-order valence-corrected chi connectivity index (χ1v) is 5.10. The average Bonchev–Trinajstić information content (AvgIpc) is 2.28. The Labute approximate surface area is 89.0 Å². The number of hydrogen-bond donors (Lipinski definition) is 0. The minimum Gasteiger partial charge on any atom is -0.296 e. The van der Waals surface area contributed by atoms with E-state index in [1.165, 1.54) is 5.56 Å². The normalized spacial score (nSPS) is 10.5. The zero-order valence-electron chi connectivity index (χ0n) is 8.95. The van der Waals surface area contributed by atoms with Crippen molar-refractivity contribution in [1.82, 2.24) is 4.98 Å². The third kappa shape index (κ3) is 1.75. The van der Waals surface area contributed by atoms with Gasteiger partial charge < -0.3 is 0 Å². The highest BCUT2D eigenvalue weighted by Gasteiger charge is 2.02. The Kier molecular flexibility index (Phi) is 2.50. The lowest BCUT2D eigenvalue weighted by atomic mass is 10.0. The van der Waals surface area contributed by atoms with Gasteiger partial charge in [-0.25, -0.2) is 4.98 Å². The second kappa shape index (κ2) is 3.81. The van der Waals surface area contributed by atoms with E-state index in [0.29, 0.717) is 5.69 Å². The SMILES string of the molecule is CCc1ccc2nc(C=O)cc(C)c2c1. The van der Waals surface area contributed by atoms with Crippen molar-refractivity contribution in [1.29, 1.82) is 0 Å². The predicted molar refractivity (Wildman–Crippen MR) is 61.2 cm³/mol. The van der Waals surface area contributed by atoms with Gasteiger partial charge in [0.15, 0.2) is 6.29 Å². The topological polar surface area (TPSA) is 30.0 Å². The molecule has 0 saturated carbocycles. The average molecular weight is 199 g/mol. The third-order valence-corrected chi connectivity index (χ3v) is 2.63. The van der Waals surface area contributed by atoms with Crippen molar-refractivity contribution in [2.24, 2.45) is 0 Å². The molecule has 15 heavy (non-hydrogen) atoms. The smallest absolute Gasteiger partial charge is 0.168 e. The Morgan fingerprint density at radius 2 is 2.13 bits per heavy atom. The molecule has 0 N–H and O–H groups in total. The Morgan fingerprint density at radius 3 is 2.80 bits per heavy atom. The quantitative estimate of drug-likeness (QED) is 0.696. The van der Waals surface area contributed by atoms with Crippen molar-refractivity contribution < 1.29 is 4.79 Å². The van der Waals surface area contributed by atoms with Crippen LogP contribution in [0.4, 0.5) is 0 Å². The van der Waals surface area contributed by atoms with E-state index in [-0.39, 0.29) is 0 Å². The van der Waals surface area contributed by atoms with Crippen LogP contribution in [0.1, 0.15) is 28.5 Å². The number of nitrogens with zero attached hydrogens (tertiary/aromatic N) is 1. The Balaban J connectivity index is 2.73. The fourth-order valence-electron chi connectivity index (χ4n) is 1.75. The number of carbonyl (C=O) groups is 1. The van der Waals surface area contributed by atoms with Gasteiger partial charge in [-0.3, -0.25) is 4.79 Å². The molecule has 2 rings (SSSR count). The molecule has 0 saturated heterocycles. The van der Waals surface area contributed by atoms with Gasteiger partial charge in [0.25, 0.3) is 0 Å². The zero-order chi connectivity index (χ0) is 10.8. The van der Waals surface area contributed by atoms with Gasteiger partial charge in [-0.15, -0.1) is 0 Å². The highest BCUT2D eigenvalue weighted by molar-refractivity contribution is 5.86. The van der Waals surface area contributed by atoms with Crippen molar-refractivity contribution in [3.8, 4) is 0 Å². The molecule has 1 aromatic heterocycles. The summed E-state index contributed by atoms with van der Waals surface area (Å²) in [6.07, 6.45) is 1.81. The molecular weight excluding hydrogens is 186 g/mol. The molecule has 1 aromatic carbocycles. The van der Waals surface area contributed by atoms with E-state index in [9.17, 15) is 4.79 Å². The van der Waals surface area contributed by atoms with Crippen LogP contribution in [0.25, 0.3) is 10.9 Å². The summed E-state index contributed by atoms with van der Waals surface area (Å²) in [6.45, 7) is 4.14. The summed E-state index contributed by atoms with van der Waals surface area (Å²) >= 11 is 0. The molecule has 2 aromatic rings. The molecule has 0 aliphatic heterocycles. The highest BCUT2D eigenvalue weighted by Crippen LogP contribution is 2.19. The van der Waals surface area contributed by atoms with Crippen molar-refractivity contribution in [2.45, 2.75) is 20.3 Å². The number of aldehydes is 1. The second-order valence-corrected chi connectivity index (χ2v) is 3.69. The number of aryl methyl sites for hydroxylation is 2. The van der Waals surface area contributed by atoms with Gasteiger partial charge in [-0.2, -0.15) is 0 Å². The molecule has 0 aliphatic rings. The summed E-state index contributed by atoms with van der Waals surface area (Å²) < 4.78 is 0. The standard InChI is InChI=1S/C13H13NO/c1-3-10-4-5-13-12(7-10)9(2)6-11(8-15)14-13/h4-8H,3H2,1-2H3. The summed E-state index contributed by atoms with van der Waals surface area (Å²) in [5.41, 5.74) is 3.81. The van der Waals surface area contributed by atoms with E-state index in [2.05, 4.69) is 24.0 Å². The maximum Gasteiger partial charge on any atom is 0.168 e. The molecular formula is C13H13NO. The van der Waals surface area contributed by atoms with Gasteiger partial charge in [0, 0.05) is 5.39 Å². The van der Waals surface area contributed by atoms with Crippen molar-refractivity contribution in [2.75, 3.05) is 0 Å². The van der Waals surface area contributed by atoms with Crippen LogP contribution in [-0.2, 0) is 6.42 Å². The van der Waals surface area contributed by atoms with Crippen LogP contribution in [0.15, 0.2) is 24.3 Å². The monoisotopic (exact) mass is 199 g/mol. The molecule has 76 valence electrons. The summed E-state index contributed by atoms with van der Waals surface area (Å²) in [7, 11) is 0. The first kappa shape index (κ1) is 9.84. The van der Waals surface area contributed by atoms with Gasteiger partial charge >= 0.3 is 0 Å². The van der Waals surface area contributed by atoms with Crippen molar-refractivity contribution >= 4 is 17.2 Å². The molecule has 0 fully saturated rings. The summed E-state index contributed by atoms with van der Waals surface area (Å²) in [6, 6.07) is 8.01. The van der Waals surface area contributed by atoms with Gasteiger partial charge in [0.05, 0.1) is 5.52 Å². The molecule has 1 heterocycles. The van der Waals surface area contributed by atoms with Gasteiger partial charge in [0.1, 0.15) is 5.69 Å². The van der Waals surface area contributed by atoms with Crippen LogP contribution in [0.2, 0.25) is 0 Å². The fraction of sp³-hybridized carbons (Fsp3) is 0.231. The van der Waals surface area contributed by atoms with Gasteiger partial charge in [0.2, 0.25) is 0 Å². The van der Waals surface area contributed by atoms with Crippen molar-refractivity contribution in [3.63, 3.8) is 0 Å². The lowest BCUT2D eigenvalue weighted by molar-refractivity contribution is 0.111. The van der Waals surface area contributed by atoms with E-state index in [1.807, 2.05) is 19.1 Å². The van der Waals surface area contributed by atoms with Crippen LogP contribution in [0.3, 0.4) is 0 Å². The first-order valence-electron chi connectivity index (χ1n) is 5.10. The Morgan fingerprint density at radius 1 is 1.33 bits per heavy atom. The first-order chi connectivity index (χ1) is 7.24. The maximum atomic E-state index is 10.7. The van der Waals surface area contributed by atoms with Crippen molar-refractivity contribution in [3.05, 3.63) is 41.1 Å². The van der Waals surface area contributed by atoms with E-state index in [1.54, 1.807) is 0 Å². The molecule has 0 amide bonds. The number of benzene rings is 1. The van der Waals surface area contributed by atoms with E-state index < -0.39 is 0 Å². The summed E-state index contributed by atoms with van der Waals surface area (Å²) in [4.78, 5) is 14.9. The predicted octanol–water partition coefficient (Wildman–Crippen LogP) is 2.92. The lowest BCUT2D eigenvalue weighted by Crippen LogP contribution is -1.92. The van der Waals surface area contributed by atoms with Crippen LogP contribution in [-0.4, -0.2) is 11.3 Å². The molecule has 0 bridgehead atoms. The minimum absolute atomic E-state index is 0.504. The number of carbonyl (C=O) groups excluding carboxylic acids is 1. The largest absolute Gasteiger partial charge is 0.296 e. The number of fused-ring (bicyclic) bond motifs is 1. The van der Waals surface area contributed by atoms with Crippen LogP contribution in [0.5, 0.6) is 0 Å². The number of pyridine rings is 1. The van der Waals surface area contributed by atoms with Crippen LogP contribution < -0.4 is 0 Å². The molecule has 2 nitrogen and oxygen atoms in total. The fourth-order valence-corrected chi connectivity index (χ4v) is 1.75. The van der Waals surface area contributed by atoms with E-state index in [0.717, 1.165) is 29.2 Å². The van der Waals surface area contributed by atoms with E-state index in [4.69, 9.17) is 0 Å². The molecule has 0 radical (unpaired) electrons. The molecule has 0 aliphatic carbocycles. The number of hydrogen-bond acceptors (Lipinski definition) is 2. The number of rotatable bonds is 2. The molecule has 0 spiro atoms. The highest BCUT2D eigenvalue weighted by atomic mass is 16.1. The van der Waals surface area contributed by atoms with Gasteiger partial charge in [-0.05, 0) is 42.7 Å². The zero-order valence-corrected chi connectivity index (χ0v) is 8.95. The second-order valence-electron chi connectivity index (χ2n) is 3.69. The summed E-state index contributed by atoms with van der Waals surface area (Å²) in [5, 5.41) is 1.14. The Hall–Kier alpha value is -1.70. The number of aromatic nitrogens is 1. The van der Waals surface area contributed by atoms with Crippen LogP contribution >= 0.6 is 0 Å².